The highest BCUT2D eigenvalue weighted by Crippen LogP contribution is 2.40. The lowest BCUT2D eigenvalue weighted by molar-refractivity contribution is 0.215. The third-order valence-corrected chi connectivity index (χ3v) is 5.82. The smallest absolute Gasteiger partial charge is 0.349 e. The van der Waals surface area contributed by atoms with E-state index in [2.05, 4.69) is 41.9 Å². The van der Waals surface area contributed by atoms with Crippen molar-refractivity contribution in [2.75, 3.05) is 0 Å². The summed E-state index contributed by atoms with van der Waals surface area (Å²) in [5.74, 6) is 0.0579. The molecule has 3 N–H and O–H groups in total. The van der Waals surface area contributed by atoms with E-state index in [9.17, 15) is 24.2 Å². The molecule has 0 saturated heterocycles. The largest absolute Gasteiger partial charge is 0.508 e. The minimum absolute atomic E-state index is 0.156. The zero-order valence-electron chi connectivity index (χ0n) is 16.5. The van der Waals surface area contributed by atoms with Crippen molar-refractivity contribution in [3.8, 4) is 22.9 Å². The SMILES string of the molecule is O=c1cnn(-c2cc(Br)c(Oc3ccc(O)c(C(O)c4ccc(F)cc4)c3)c(Br)c2)c(=O)[nH]1. The van der Waals surface area contributed by atoms with Gasteiger partial charge in [0.1, 0.15) is 29.6 Å². The lowest BCUT2D eigenvalue weighted by Crippen LogP contribution is -2.30. The monoisotopic (exact) mass is 577 g/mol. The summed E-state index contributed by atoms with van der Waals surface area (Å²) in [4.78, 5) is 25.4. The number of nitrogens with one attached hydrogen (secondary N) is 1. The van der Waals surface area contributed by atoms with Gasteiger partial charge in [-0.25, -0.2) is 9.18 Å². The van der Waals surface area contributed by atoms with E-state index in [1.165, 1.54) is 42.5 Å². The van der Waals surface area contributed by atoms with Gasteiger partial charge in [0.15, 0.2) is 5.75 Å². The van der Waals surface area contributed by atoms with E-state index < -0.39 is 23.2 Å². The molecule has 0 fully saturated rings. The Morgan fingerprint density at radius 1 is 1.03 bits per heavy atom. The van der Waals surface area contributed by atoms with Gasteiger partial charge in [-0.05, 0) is 79.9 Å². The molecule has 1 aromatic heterocycles. The first kappa shape index (κ1) is 22.9. The summed E-state index contributed by atoms with van der Waals surface area (Å²) in [5.41, 5.74) is -0.380. The Morgan fingerprint density at radius 2 is 1.70 bits per heavy atom. The third kappa shape index (κ3) is 4.90. The summed E-state index contributed by atoms with van der Waals surface area (Å²) in [7, 11) is 0. The number of benzene rings is 3. The van der Waals surface area contributed by atoms with Crippen molar-refractivity contribution in [2.24, 2.45) is 0 Å². The number of nitrogens with zero attached hydrogens (tertiary/aromatic N) is 2. The summed E-state index contributed by atoms with van der Waals surface area (Å²) in [6.45, 7) is 0. The molecule has 0 amide bonds. The highest BCUT2D eigenvalue weighted by molar-refractivity contribution is 9.11. The Kier molecular flexibility index (Phi) is 6.45. The van der Waals surface area contributed by atoms with Crippen LogP contribution in [0.25, 0.3) is 5.69 Å². The first-order valence-corrected chi connectivity index (χ1v) is 10.9. The maximum atomic E-state index is 13.2. The van der Waals surface area contributed by atoms with Crippen molar-refractivity contribution in [2.45, 2.75) is 6.10 Å². The van der Waals surface area contributed by atoms with Crippen molar-refractivity contribution < 1.29 is 19.3 Å². The lowest BCUT2D eigenvalue weighted by atomic mass is 10.0. The van der Waals surface area contributed by atoms with E-state index >= 15 is 0 Å². The van der Waals surface area contributed by atoms with Gasteiger partial charge in [0.2, 0.25) is 0 Å². The molecule has 1 atom stereocenters. The van der Waals surface area contributed by atoms with Gasteiger partial charge in [-0.3, -0.25) is 9.78 Å². The van der Waals surface area contributed by atoms with Crippen LogP contribution in [0.5, 0.6) is 17.2 Å². The number of aromatic hydroxyl groups is 1. The summed E-state index contributed by atoms with van der Waals surface area (Å²) in [6.07, 6.45) is -0.223. The standard InChI is InChI=1S/C22H14Br2FN3O5/c23-16-7-13(28-22(32)27-19(30)10-26-28)8-17(24)21(16)33-14-5-6-18(29)15(9-14)20(31)11-1-3-12(25)4-2-11/h1-10,20,29,31H,(H,27,30,32). The number of H-pyrrole nitrogens is 1. The van der Waals surface area contributed by atoms with Gasteiger partial charge in [-0.15, -0.1) is 0 Å². The molecule has 8 nitrogen and oxygen atoms in total. The van der Waals surface area contributed by atoms with Crippen LogP contribution in [0.3, 0.4) is 0 Å². The van der Waals surface area contributed by atoms with Crippen LogP contribution in [0.2, 0.25) is 0 Å². The normalized spacial score (nSPS) is 11.9. The summed E-state index contributed by atoms with van der Waals surface area (Å²) in [5, 5.41) is 24.7. The highest BCUT2D eigenvalue weighted by Gasteiger charge is 2.18. The Bertz CT molecular complexity index is 1430. The zero-order chi connectivity index (χ0) is 23.7. The number of ether oxygens (including phenoxy) is 1. The predicted molar refractivity (Wildman–Crippen MR) is 124 cm³/mol. The molecule has 0 spiro atoms. The first-order chi connectivity index (χ1) is 15.7. The molecule has 0 aliphatic carbocycles. The number of phenolic OH excluding ortho intramolecular Hbond substituents is 1. The summed E-state index contributed by atoms with van der Waals surface area (Å²) < 4.78 is 21.1. The number of hydrogen-bond acceptors (Lipinski definition) is 6. The molecule has 0 aliphatic rings. The predicted octanol–water partition coefficient (Wildman–Crippen LogP) is 4.16. The molecule has 0 saturated carbocycles. The van der Waals surface area contributed by atoms with Crippen LogP contribution in [-0.4, -0.2) is 25.0 Å². The molecule has 0 bridgehead atoms. The van der Waals surface area contributed by atoms with E-state index in [0.717, 1.165) is 10.9 Å². The Balaban J connectivity index is 1.66. The van der Waals surface area contributed by atoms with Gasteiger partial charge >= 0.3 is 5.69 Å². The molecule has 3 aromatic carbocycles. The van der Waals surface area contributed by atoms with Gasteiger partial charge < -0.3 is 14.9 Å². The van der Waals surface area contributed by atoms with Gasteiger partial charge in [0.05, 0.1) is 14.6 Å². The summed E-state index contributed by atoms with van der Waals surface area (Å²) in [6, 6.07) is 12.8. The molecule has 168 valence electrons. The molecular weight excluding hydrogens is 565 g/mol. The van der Waals surface area contributed by atoms with Crippen LogP contribution < -0.4 is 16.0 Å². The van der Waals surface area contributed by atoms with Crippen LogP contribution >= 0.6 is 31.9 Å². The van der Waals surface area contributed by atoms with E-state index in [1.54, 1.807) is 12.1 Å². The maximum Gasteiger partial charge on any atom is 0.349 e. The van der Waals surface area contributed by atoms with Crippen LogP contribution in [0, 0.1) is 5.82 Å². The Hall–Kier alpha value is -3.28. The number of halogens is 3. The van der Waals surface area contributed by atoms with Crippen LogP contribution in [0.4, 0.5) is 4.39 Å². The van der Waals surface area contributed by atoms with Crippen molar-refractivity contribution >= 4 is 31.9 Å². The van der Waals surface area contributed by atoms with E-state index in [4.69, 9.17) is 4.74 Å². The maximum absolute atomic E-state index is 13.2. The van der Waals surface area contributed by atoms with Gasteiger partial charge in [-0.1, -0.05) is 12.1 Å². The van der Waals surface area contributed by atoms with Crippen molar-refractivity contribution in [3.63, 3.8) is 0 Å². The second kappa shape index (κ2) is 9.30. The number of phenols is 1. The van der Waals surface area contributed by atoms with E-state index in [0.29, 0.717) is 31.7 Å². The van der Waals surface area contributed by atoms with Gasteiger partial charge in [0.25, 0.3) is 5.56 Å². The number of aliphatic hydroxyl groups excluding tert-OH is 1. The van der Waals surface area contributed by atoms with E-state index in [1.807, 2.05) is 0 Å². The molecule has 1 unspecified atom stereocenters. The molecule has 11 heteroatoms. The second-order valence-corrected chi connectivity index (χ2v) is 8.57. The van der Waals surface area contributed by atoms with Crippen LogP contribution in [-0.2, 0) is 0 Å². The van der Waals surface area contributed by atoms with Gasteiger partial charge in [-0.2, -0.15) is 9.78 Å². The topological polar surface area (TPSA) is 117 Å². The fourth-order valence-electron chi connectivity index (χ4n) is 3.06. The summed E-state index contributed by atoms with van der Waals surface area (Å²) >= 11 is 6.79. The highest BCUT2D eigenvalue weighted by atomic mass is 79.9. The minimum Gasteiger partial charge on any atom is -0.508 e. The van der Waals surface area contributed by atoms with Crippen LogP contribution in [0.1, 0.15) is 17.2 Å². The van der Waals surface area contributed by atoms with Gasteiger partial charge in [0, 0.05) is 5.56 Å². The zero-order valence-corrected chi connectivity index (χ0v) is 19.7. The Labute approximate surface area is 202 Å². The molecule has 0 radical (unpaired) electrons. The van der Waals surface area contributed by atoms with E-state index in [-0.39, 0.29) is 11.3 Å². The van der Waals surface area contributed by atoms with Crippen LogP contribution in [0.15, 0.2) is 79.3 Å². The lowest BCUT2D eigenvalue weighted by Gasteiger charge is -2.16. The Morgan fingerprint density at radius 3 is 2.33 bits per heavy atom. The van der Waals surface area contributed by atoms with Crippen molar-refractivity contribution in [1.29, 1.82) is 0 Å². The molecule has 33 heavy (non-hydrogen) atoms. The number of aliphatic hydroxyl groups is 1. The molecule has 4 rings (SSSR count). The second-order valence-electron chi connectivity index (χ2n) is 6.87. The fraction of sp³-hybridized carbons (Fsp3) is 0.0455. The molecular formula is C22H14Br2FN3O5. The number of hydrogen-bond donors (Lipinski definition) is 3. The minimum atomic E-state index is -1.21. The first-order valence-electron chi connectivity index (χ1n) is 9.35. The number of rotatable bonds is 5. The molecule has 4 aromatic rings. The fourth-order valence-corrected chi connectivity index (χ4v) is 4.39. The number of aromatic amines is 1. The molecule has 1 heterocycles. The quantitative estimate of drug-likeness (QED) is 0.327. The average Bonchev–Trinajstić information content (AvgIpc) is 2.77. The third-order valence-electron chi connectivity index (χ3n) is 4.64. The number of aromatic nitrogens is 3. The molecule has 0 aliphatic heterocycles. The average molecular weight is 579 g/mol. The van der Waals surface area contributed by atoms with Crippen molar-refractivity contribution in [3.05, 3.63) is 108 Å². The van der Waals surface area contributed by atoms with Crippen molar-refractivity contribution in [1.82, 2.24) is 14.8 Å².